The summed E-state index contributed by atoms with van der Waals surface area (Å²) < 4.78 is 39.4. The summed E-state index contributed by atoms with van der Waals surface area (Å²) in [5.41, 5.74) is 0.956. The SMILES string of the molecule is CCC(CC)c1cc(C)nn2cc(C(F)(F)F)nc12. The van der Waals surface area contributed by atoms with Crippen LogP contribution in [0.4, 0.5) is 13.2 Å². The number of fused-ring (bicyclic) bond motifs is 1. The van der Waals surface area contributed by atoms with Crippen LogP contribution >= 0.6 is 0 Å². The molecule has 0 saturated carbocycles. The molecular weight excluding hydrogens is 255 g/mol. The molecule has 0 bridgehead atoms. The second kappa shape index (κ2) is 4.83. The molecule has 0 aliphatic carbocycles. The molecule has 0 fully saturated rings. The molecule has 0 aliphatic heterocycles. The van der Waals surface area contributed by atoms with E-state index in [4.69, 9.17) is 0 Å². The summed E-state index contributed by atoms with van der Waals surface area (Å²) in [4.78, 5) is 3.72. The number of halogens is 3. The van der Waals surface area contributed by atoms with Crippen LogP contribution in [0.3, 0.4) is 0 Å². The maximum Gasteiger partial charge on any atom is 0.434 e. The number of alkyl halides is 3. The lowest BCUT2D eigenvalue weighted by molar-refractivity contribution is -0.140. The number of imidazole rings is 1. The van der Waals surface area contributed by atoms with Gasteiger partial charge in [0.05, 0.1) is 11.9 Å². The molecule has 0 aliphatic rings. The van der Waals surface area contributed by atoms with Crippen molar-refractivity contribution in [1.29, 1.82) is 0 Å². The van der Waals surface area contributed by atoms with Gasteiger partial charge in [-0.25, -0.2) is 9.50 Å². The van der Waals surface area contributed by atoms with E-state index in [9.17, 15) is 13.2 Å². The normalized spacial score (nSPS) is 12.6. The van der Waals surface area contributed by atoms with Gasteiger partial charge in [0.2, 0.25) is 0 Å². The Balaban J connectivity index is 2.66. The van der Waals surface area contributed by atoms with Crippen LogP contribution in [-0.2, 0) is 6.18 Å². The molecular formula is C13H16F3N3. The van der Waals surface area contributed by atoms with E-state index in [1.807, 2.05) is 19.9 Å². The molecule has 3 nitrogen and oxygen atoms in total. The summed E-state index contributed by atoms with van der Waals surface area (Å²) in [5.74, 6) is 0.202. The highest BCUT2D eigenvalue weighted by molar-refractivity contribution is 5.50. The molecule has 0 radical (unpaired) electrons. The number of hydrogen-bond acceptors (Lipinski definition) is 2. The predicted molar refractivity (Wildman–Crippen MR) is 66.0 cm³/mol. The van der Waals surface area contributed by atoms with Crippen LogP contribution in [0.5, 0.6) is 0 Å². The zero-order valence-electron chi connectivity index (χ0n) is 11.1. The summed E-state index contributed by atoms with van der Waals surface area (Å²) in [6, 6.07) is 1.83. The van der Waals surface area contributed by atoms with Crippen molar-refractivity contribution in [3.8, 4) is 0 Å². The quantitative estimate of drug-likeness (QED) is 0.845. The van der Waals surface area contributed by atoms with E-state index in [1.165, 1.54) is 4.52 Å². The van der Waals surface area contributed by atoms with Crippen molar-refractivity contribution < 1.29 is 13.2 Å². The van der Waals surface area contributed by atoms with Crippen LogP contribution in [0.25, 0.3) is 5.65 Å². The zero-order valence-corrected chi connectivity index (χ0v) is 11.1. The van der Waals surface area contributed by atoms with Crippen molar-refractivity contribution in [3.63, 3.8) is 0 Å². The molecule has 0 aromatic carbocycles. The molecule has 0 N–H and O–H groups in total. The maximum absolute atomic E-state index is 12.7. The molecule has 0 spiro atoms. The molecule has 2 aromatic rings. The van der Waals surface area contributed by atoms with Crippen LogP contribution < -0.4 is 0 Å². The van der Waals surface area contributed by atoms with E-state index in [1.54, 1.807) is 6.92 Å². The monoisotopic (exact) mass is 271 g/mol. The zero-order chi connectivity index (χ0) is 14.2. The van der Waals surface area contributed by atoms with Crippen molar-refractivity contribution in [2.24, 2.45) is 0 Å². The van der Waals surface area contributed by atoms with E-state index < -0.39 is 11.9 Å². The van der Waals surface area contributed by atoms with Crippen molar-refractivity contribution >= 4 is 5.65 Å². The maximum atomic E-state index is 12.7. The van der Waals surface area contributed by atoms with E-state index in [0.717, 1.165) is 24.6 Å². The minimum atomic E-state index is -4.44. The van der Waals surface area contributed by atoms with Gasteiger partial charge in [-0.15, -0.1) is 0 Å². The first-order valence-corrected chi connectivity index (χ1v) is 6.30. The lowest BCUT2D eigenvalue weighted by atomic mass is 9.95. The van der Waals surface area contributed by atoms with Gasteiger partial charge in [0, 0.05) is 5.56 Å². The van der Waals surface area contributed by atoms with Crippen LogP contribution in [0.1, 0.15) is 49.6 Å². The smallest absolute Gasteiger partial charge is 0.222 e. The minimum absolute atomic E-state index is 0.202. The Morgan fingerprint density at radius 3 is 2.42 bits per heavy atom. The number of rotatable bonds is 3. The summed E-state index contributed by atoms with van der Waals surface area (Å²) in [6.07, 6.45) is -1.76. The molecule has 2 rings (SSSR count). The average Bonchev–Trinajstić information content (AvgIpc) is 2.73. The molecule has 6 heteroatoms. The van der Waals surface area contributed by atoms with Gasteiger partial charge in [-0.1, -0.05) is 13.8 Å². The summed E-state index contributed by atoms with van der Waals surface area (Å²) in [6.45, 7) is 5.82. The highest BCUT2D eigenvalue weighted by atomic mass is 19.4. The van der Waals surface area contributed by atoms with Crippen LogP contribution in [0.2, 0.25) is 0 Å². The summed E-state index contributed by atoms with van der Waals surface area (Å²) >= 11 is 0. The van der Waals surface area contributed by atoms with Crippen molar-refractivity contribution in [3.05, 3.63) is 29.2 Å². The van der Waals surface area contributed by atoms with Gasteiger partial charge in [0.25, 0.3) is 0 Å². The Labute approximate surface area is 109 Å². The highest BCUT2D eigenvalue weighted by Crippen LogP contribution is 2.31. The third-order valence-electron chi connectivity index (χ3n) is 3.29. The number of nitrogens with zero attached hydrogens (tertiary/aromatic N) is 3. The molecule has 2 heterocycles. The lowest BCUT2D eigenvalue weighted by Gasteiger charge is -2.14. The molecule has 19 heavy (non-hydrogen) atoms. The standard InChI is InChI=1S/C13H16F3N3/c1-4-9(5-2)10-6-8(3)18-19-7-11(13(14,15)16)17-12(10)19/h6-7,9H,4-5H2,1-3H3. The Morgan fingerprint density at radius 2 is 1.89 bits per heavy atom. The highest BCUT2D eigenvalue weighted by Gasteiger charge is 2.34. The fraction of sp³-hybridized carbons (Fsp3) is 0.538. The first kappa shape index (κ1) is 13.8. The Bertz CT molecular complexity index is 583. The topological polar surface area (TPSA) is 30.2 Å². The van der Waals surface area contributed by atoms with Gasteiger partial charge in [0.15, 0.2) is 11.3 Å². The van der Waals surface area contributed by atoms with Gasteiger partial charge >= 0.3 is 6.18 Å². The van der Waals surface area contributed by atoms with Crippen LogP contribution in [-0.4, -0.2) is 14.6 Å². The van der Waals surface area contributed by atoms with Gasteiger partial charge in [0.1, 0.15) is 0 Å². The minimum Gasteiger partial charge on any atom is -0.222 e. The summed E-state index contributed by atoms with van der Waals surface area (Å²) in [5, 5.41) is 4.08. The first-order valence-electron chi connectivity index (χ1n) is 6.30. The third-order valence-corrected chi connectivity index (χ3v) is 3.29. The fourth-order valence-electron chi connectivity index (χ4n) is 2.30. The predicted octanol–water partition coefficient (Wildman–Crippen LogP) is 3.96. The number of aromatic nitrogens is 3. The number of hydrogen-bond donors (Lipinski definition) is 0. The molecule has 2 aromatic heterocycles. The van der Waals surface area contributed by atoms with Crippen LogP contribution in [0.15, 0.2) is 12.3 Å². The van der Waals surface area contributed by atoms with E-state index >= 15 is 0 Å². The average molecular weight is 271 g/mol. The fourth-order valence-corrected chi connectivity index (χ4v) is 2.30. The largest absolute Gasteiger partial charge is 0.434 e. The van der Waals surface area contributed by atoms with E-state index in [0.29, 0.717) is 11.3 Å². The Hall–Kier alpha value is -1.59. The molecule has 0 atom stereocenters. The molecule has 0 unspecified atom stereocenters. The Kier molecular flexibility index (Phi) is 3.52. The molecule has 0 amide bonds. The Morgan fingerprint density at radius 1 is 1.26 bits per heavy atom. The second-order valence-corrected chi connectivity index (χ2v) is 4.65. The number of aryl methyl sites for hydroxylation is 1. The van der Waals surface area contributed by atoms with Crippen molar-refractivity contribution in [2.45, 2.75) is 45.7 Å². The second-order valence-electron chi connectivity index (χ2n) is 4.65. The third kappa shape index (κ3) is 2.57. The van der Waals surface area contributed by atoms with Crippen molar-refractivity contribution in [2.75, 3.05) is 0 Å². The molecule has 0 saturated heterocycles. The van der Waals surface area contributed by atoms with Gasteiger partial charge in [-0.3, -0.25) is 0 Å². The van der Waals surface area contributed by atoms with Crippen LogP contribution in [0, 0.1) is 6.92 Å². The van der Waals surface area contributed by atoms with Gasteiger partial charge in [-0.05, 0) is 31.7 Å². The first-order chi connectivity index (χ1) is 8.86. The summed E-state index contributed by atoms with van der Waals surface area (Å²) in [7, 11) is 0. The lowest BCUT2D eigenvalue weighted by Crippen LogP contribution is -2.05. The van der Waals surface area contributed by atoms with E-state index in [-0.39, 0.29) is 5.92 Å². The molecule has 104 valence electrons. The van der Waals surface area contributed by atoms with E-state index in [2.05, 4.69) is 10.1 Å². The van der Waals surface area contributed by atoms with Gasteiger partial charge < -0.3 is 0 Å². The van der Waals surface area contributed by atoms with Gasteiger partial charge in [-0.2, -0.15) is 18.3 Å². The van der Waals surface area contributed by atoms with Crippen molar-refractivity contribution in [1.82, 2.24) is 14.6 Å².